The smallest absolute Gasteiger partial charge is 0.348 e. The number of anilines is 1. The van der Waals surface area contributed by atoms with E-state index in [9.17, 15) is 18.9 Å². The van der Waals surface area contributed by atoms with Crippen LogP contribution in [0.3, 0.4) is 0 Å². The quantitative estimate of drug-likeness (QED) is 0.198. The number of benzene rings is 1. The van der Waals surface area contributed by atoms with Crippen LogP contribution in [0, 0.1) is 5.92 Å². The topological polar surface area (TPSA) is 142 Å². The number of methoxy groups -OCH3 is 1. The molecular weight excluding hydrogens is 453 g/mol. The summed E-state index contributed by atoms with van der Waals surface area (Å²) in [4.78, 5) is 38.1. The first-order chi connectivity index (χ1) is 15.6. The SMILES string of the molecule is CCOC(=O)C(C)(C(C(=O)OC)/C(C)=N/NC(=O)Nc1ccccc1)P(=O)(OCC)OCC. The van der Waals surface area contributed by atoms with Crippen molar-refractivity contribution < 1.29 is 37.5 Å². The van der Waals surface area contributed by atoms with Crippen LogP contribution in [0.25, 0.3) is 0 Å². The average Bonchev–Trinajstić information content (AvgIpc) is 2.78. The van der Waals surface area contributed by atoms with Crippen LogP contribution in [0.1, 0.15) is 34.6 Å². The van der Waals surface area contributed by atoms with E-state index < -0.39 is 36.6 Å². The highest BCUT2D eigenvalue weighted by Crippen LogP contribution is 2.63. The second-order valence-electron chi connectivity index (χ2n) is 6.84. The molecule has 184 valence electrons. The van der Waals surface area contributed by atoms with Gasteiger partial charge in [0, 0.05) is 5.69 Å². The van der Waals surface area contributed by atoms with Crippen LogP contribution in [0.15, 0.2) is 35.4 Å². The predicted octanol–water partition coefficient (Wildman–Crippen LogP) is 3.56. The maximum atomic E-state index is 13.8. The van der Waals surface area contributed by atoms with E-state index in [0.717, 1.165) is 7.11 Å². The number of para-hydroxylation sites is 1. The Labute approximate surface area is 193 Å². The zero-order chi connectivity index (χ0) is 25.1. The van der Waals surface area contributed by atoms with E-state index in [-0.39, 0.29) is 25.5 Å². The summed E-state index contributed by atoms with van der Waals surface area (Å²) in [5.41, 5.74) is 2.70. The first kappa shape index (κ1) is 28.3. The molecule has 0 bridgehead atoms. The fourth-order valence-corrected chi connectivity index (χ4v) is 5.31. The van der Waals surface area contributed by atoms with Crippen LogP contribution < -0.4 is 10.7 Å². The van der Waals surface area contributed by atoms with Crippen molar-refractivity contribution in [3.05, 3.63) is 30.3 Å². The van der Waals surface area contributed by atoms with Crippen molar-refractivity contribution in [2.75, 3.05) is 32.2 Å². The fraction of sp³-hybridized carbons (Fsp3) is 0.524. The molecule has 11 nitrogen and oxygen atoms in total. The average molecular weight is 485 g/mol. The summed E-state index contributed by atoms with van der Waals surface area (Å²) in [6.07, 6.45) is 0. The van der Waals surface area contributed by atoms with Gasteiger partial charge in [0.15, 0.2) is 5.16 Å². The number of hydrazone groups is 1. The van der Waals surface area contributed by atoms with Gasteiger partial charge in [0.1, 0.15) is 5.92 Å². The molecule has 12 heteroatoms. The lowest BCUT2D eigenvalue weighted by Gasteiger charge is -2.37. The summed E-state index contributed by atoms with van der Waals surface area (Å²) in [6.45, 7) is 7.15. The summed E-state index contributed by atoms with van der Waals surface area (Å²) in [5.74, 6) is -3.48. The number of carbonyl (C=O) groups is 3. The Morgan fingerprint density at radius 2 is 1.64 bits per heavy atom. The molecule has 1 aromatic rings. The predicted molar refractivity (Wildman–Crippen MR) is 123 cm³/mol. The van der Waals surface area contributed by atoms with Crippen LogP contribution in [0.5, 0.6) is 0 Å². The number of nitrogens with one attached hydrogen (secondary N) is 2. The van der Waals surface area contributed by atoms with Gasteiger partial charge in [0.2, 0.25) is 0 Å². The van der Waals surface area contributed by atoms with Gasteiger partial charge in [-0.25, -0.2) is 10.2 Å². The van der Waals surface area contributed by atoms with Crippen molar-refractivity contribution in [2.24, 2.45) is 11.0 Å². The molecule has 0 spiro atoms. The molecular formula is C21H32N3O8P. The molecule has 1 rings (SSSR count). The van der Waals surface area contributed by atoms with Crippen LogP contribution >= 0.6 is 7.60 Å². The van der Waals surface area contributed by atoms with Gasteiger partial charge < -0.3 is 23.8 Å². The number of hydrogen-bond donors (Lipinski definition) is 2. The van der Waals surface area contributed by atoms with Gasteiger partial charge in [-0.1, -0.05) is 18.2 Å². The maximum absolute atomic E-state index is 13.8. The van der Waals surface area contributed by atoms with Crippen molar-refractivity contribution in [1.29, 1.82) is 0 Å². The lowest BCUT2D eigenvalue weighted by atomic mass is 9.89. The number of ether oxygens (including phenoxy) is 2. The molecule has 2 amide bonds. The molecule has 0 heterocycles. The van der Waals surface area contributed by atoms with Crippen LogP contribution in [-0.4, -0.2) is 55.8 Å². The number of carbonyl (C=O) groups excluding carboxylic acids is 3. The van der Waals surface area contributed by atoms with Gasteiger partial charge in [-0.15, -0.1) is 0 Å². The van der Waals surface area contributed by atoms with Gasteiger partial charge in [-0.05, 0) is 46.8 Å². The van der Waals surface area contributed by atoms with E-state index in [1.165, 1.54) is 13.8 Å². The molecule has 0 radical (unpaired) electrons. The van der Waals surface area contributed by atoms with Gasteiger partial charge in [-0.3, -0.25) is 14.2 Å². The van der Waals surface area contributed by atoms with Crippen molar-refractivity contribution in [3.8, 4) is 0 Å². The Bertz CT molecular complexity index is 883. The van der Waals surface area contributed by atoms with Gasteiger partial charge in [-0.2, -0.15) is 5.10 Å². The van der Waals surface area contributed by atoms with Gasteiger partial charge in [0.25, 0.3) is 0 Å². The Hall–Kier alpha value is -2.75. The molecule has 0 fully saturated rings. The first-order valence-electron chi connectivity index (χ1n) is 10.4. The standard InChI is InChI=1S/C21H32N3O8P/c1-7-30-19(26)21(5,33(28,31-8-2)32-9-3)17(18(25)29-6)15(4)23-24-20(27)22-16-13-11-10-12-14-16/h10-14,17H,7-9H2,1-6H3,(H2,22,24,27)/b23-15+. The molecule has 2 unspecified atom stereocenters. The molecule has 1 aromatic carbocycles. The van der Waals surface area contributed by atoms with E-state index in [1.807, 2.05) is 0 Å². The highest BCUT2D eigenvalue weighted by Gasteiger charge is 2.63. The zero-order valence-electron chi connectivity index (χ0n) is 19.7. The minimum absolute atomic E-state index is 0.0471. The minimum atomic E-state index is -4.29. The Kier molecular flexibility index (Phi) is 11.2. The third kappa shape index (κ3) is 6.86. The maximum Gasteiger partial charge on any atom is 0.348 e. The third-order valence-electron chi connectivity index (χ3n) is 4.64. The Morgan fingerprint density at radius 3 is 2.12 bits per heavy atom. The molecule has 2 N–H and O–H groups in total. The number of amides is 2. The molecule has 0 aliphatic rings. The number of nitrogens with zero attached hydrogens (tertiary/aromatic N) is 1. The summed E-state index contributed by atoms with van der Waals surface area (Å²) >= 11 is 0. The van der Waals surface area contributed by atoms with E-state index >= 15 is 0 Å². The van der Waals surface area contributed by atoms with Crippen molar-refractivity contribution >= 4 is 37.0 Å². The fourth-order valence-electron chi connectivity index (χ4n) is 3.12. The highest BCUT2D eigenvalue weighted by molar-refractivity contribution is 7.57. The molecule has 2 atom stereocenters. The lowest BCUT2D eigenvalue weighted by Crippen LogP contribution is -2.52. The van der Waals surface area contributed by atoms with Crippen LogP contribution in [0.2, 0.25) is 0 Å². The molecule has 0 aromatic heterocycles. The van der Waals surface area contributed by atoms with Crippen molar-refractivity contribution in [3.63, 3.8) is 0 Å². The molecule has 0 aliphatic heterocycles. The first-order valence-corrected chi connectivity index (χ1v) is 12.0. The minimum Gasteiger partial charge on any atom is -0.468 e. The van der Waals surface area contributed by atoms with Crippen molar-refractivity contribution in [1.82, 2.24) is 5.43 Å². The summed E-state index contributed by atoms with van der Waals surface area (Å²) < 4.78 is 34.6. The summed E-state index contributed by atoms with van der Waals surface area (Å²) in [6, 6.07) is 7.91. The van der Waals surface area contributed by atoms with Crippen LogP contribution in [0.4, 0.5) is 10.5 Å². The Morgan fingerprint density at radius 1 is 1.06 bits per heavy atom. The molecule has 33 heavy (non-hydrogen) atoms. The highest BCUT2D eigenvalue weighted by atomic mass is 31.2. The number of esters is 2. The molecule has 0 saturated carbocycles. The second-order valence-corrected chi connectivity index (χ2v) is 9.28. The second kappa shape index (κ2) is 13.1. The largest absolute Gasteiger partial charge is 0.468 e. The van der Waals surface area contributed by atoms with Crippen molar-refractivity contribution in [2.45, 2.75) is 39.8 Å². The normalized spacial score (nSPS) is 14.5. The van der Waals surface area contributed by atoms with Crippen LogP contribution in [-0.2, 0) is 32.7 Å². The van der Waals surface area contributed by atoms with Gasteiger partial charge >= 0.3 is 25.6 Å². The third-order valence-corrected chi connectivity index (χ3v) is 7.41. The number of rotatable bonds is 12. The summed E-state index contributed by atoms with van der Waals surface area (Å²) in [7, 11) is -3.18. The van der Waals surface area contributed by atoms with E-state index in [0.29, 0.717) is 5.69 Å². The Balaban J connectivity index is 3.44. The van der Waals surface area contributed by atoms with E-state index in [4.69, 9.17) is 18.5 Å². The van der Waals surface area contributed by atoms with Gasteiger partial charge in [0.05, 0.1) is 32.6 Å². The summed E-state index contributed by atoms with van der Waals surface area (Å²) in [5, 5.41) is 4.36. The number of hydrogen-bond acceptors (Lipinski definition) is 9. The monoisotopic (exact) mass is 485 g/mol. The molecule has 0 aliphatic carbocycles. The molecule has 0 saturated heterocycles. The van der Waals surface area contributed by atoms with E-state index in [2.05, 4.69) is 15.8 Å². The lowest BCUT2D eigenvalue weighted by molar-refractivity contribution is -0.154. The van der Waals surface area contributed by atoms with E-state index in [1.54, 1.807) is 51.1 Å². The number of urea groups is 1. The zero-order valence-corrected chi connectivity index (χ0v) is 20.6.